The van der Waals surface area contributed by atoms with E-state index in [0.29, 0.717) is 0 Å². The van der Waals surface area contributed by atoms with E-state index in [1.165, 1.54) is 0 Å². The summed E-state index contributed by atoms with van der Waals surface area (Å²) in [6, 6.07) is 5.86. The Bertz CT molecular complexity index is 472. The monoisotopic (exact) mass is 333 g/mol. The number of aromatic nitrogens is 1. The number of pyridine rings is 1. The van der Waals surface area contributed by atoms with Crippen LogP contribution in [0.4, 0.5) is 5.82 Å². The van der Waals surface area contributed by atoms with Gasteiger partial charge in [0, 0.05) is 25.3 Å². The second-order valence-corrected chi connectivity index (χ2v) is 7.35. The van der Waals surface area contributed by atoms with Gasteiger partial charge < -0.3 is 4.90 Å². The van der Waals surface area contributed by atoms with E-state index in [1.807, 2.05) is 18.2 Å². The molecule has 2 rings (SSSR count). The van der Waals surface area contributed by atoms with Gasteiger partial charge in [0.25, 0.3) is 0 Å². The fourth-order valence-electron chi connectivity index (χ4n) is 2.05. The molecule has 0 spiro atoms. The summed E-state index contributed by atoms with van der Waals surface area (Å²) < 4.78 is 25.5. The van der Waals surface area contributed by atoms with Crippen molar-refractivity contribution >= 4 is 31.8 Å². The first-order valence-electron chi connectivity index (χ1n) is 5.83. The zero-order chi connectivity index (χ0) is 13.0. The van der Waals surface area contributed by atoms with Gasteiger partial charge in [-0.05, 0) is 25.0 Å². The van der Waals surface area contributed by atoms with Crippen LogP contribution in [-0.4, -0.2) is 37.2 Å². The summed E-state index contributed by atoms with van der Waals surface area (Å²) in [5.41, 5.74) is 0. The number of piperidine rings is 1. The van der Waals surface area contributed by atoms with Crippen molar-refractivity contribution < 1.29 is 8.42 Å². The molecule has 2 heterocycles. The lowest BCUT2D eigenvalue weighted by molar-refractivity contribution is 0.460. The van der Waals surface area contributed by atoms with Crippen LogP contribution in [0.5, 0.6) is 0 Å². The highest BCUT2D eigenvalue weighted by Crippen LogP contribution is 2.17. The fraction of sp³-hybridized carbons (Fsp3) is 0.545. The Kier molecular flexibility index (Phi) is 4.58. The minimum absolute atomic E-state index is 0.0347. The van der Waals surface area contributed by atoms with Crippen LogP contribution in [-0.2, 0) is 10.0 Å². The molecule has 0 aromatic carbocycles. The molecule has 0 amide bonds. The zero-order valence-electron chi connectivity index (χ0n) is 9.92. The lowest BCUT2D eigenvalue weighted by Crippen LogP contribution is -2.45. The number of hydrogen-bond donors (Lipinski definition) is 1. The molecule has 0 unspecified atom stereocenters. The van der Waals surface area contributed by atoms with Crippen LogP contribution >= 0.6 is 15.9 Å². The number of sulfonamides is 1. The Morgan fingerprint density at radius 1 is 1.39 bits per heavy atom. The van der Waals surface area contributed by atoms with Crippen molar-refractivity contribution in [2.24, 2.45) is 0 Å². The van der Waals surface area contributed by atoms with E-state index in [9.17, 15) is 8.42 Å². The third-order valence-corrected chi connectivity index (χ3v) is 5.75. The summed E-state index contributed by atoms with van der Waals surface area (Å²) in [6.07, 6.45) is 3.39. The third kappa shape index (κ3) is 3.66. The predicted octanol–water partition coefficient (Wildman–Crippen LogP) is 1.32. The molecule has 1 aromatic rings. The van der Waals surface area contributed by atoms with Crippen LogP contribution < -0.4 is 9.62 Å². The van der Waals surface area contributed by atoms with Crippen molar-refractivity contribution in [3.63, 3.8) is 0 Å². The smallest absolute Gasteiger partial charge is 0.221 e. The van der Waals surface area contributed by atoms with E-state index in [4.69, 9.17) is 0 Å². The number of nitrogens with zero attached hydrogens (tertiary/aromatic N) is 2. The van der Waals surface area contributed by atoms with Crippen LogP contribution in [0.25, 0.3) is 0 Å². The standard InChI is InChI=1S/C11H16BrN3O2S/c12-9-18(16,17)14-10-4-7-15(8-5-10)11-3-1-2-6-13-11/h1-3,6,10,14H,4-5,7-9H2. The first-order chi connectivity index (χ1) is 8.61. The van der Waals surface area contributed by atoms with Gasteiger partial charge in [-0.15, -0.1) is 0 Å². The van der Waals surface area contributed by atoms with E-state index in [1.54, 1.807) is 6.20 Å². The maximum Gasteiger partial charge on any atom is 0.221 e. The first-order valence-corrected chi connectivity index (χ1v) is 8.60. The Morgan fingerprint density at radius 3 is 2.67 bits per heavy atom. The minimum Gasteiger partial charge on any atom is -0.357 e. The molecule has 1 aliphatic rings. The number of alkyl halides is 1. The van der Waals surface area contributed by atoms with Crippen molar-refractivity contribution in [3.05, 3.63) is 24.4 Å². The number of nitrogens with one attached hydrogen (secondary N) is 1. The van der Waals surface area contributed by atoms with Crippen LogP contribution in [0.2, 0.25) is 0 Å². The predicted molar refractivity (Wildman–Crippen MR) is 75.3 cm³/mol. The molecule has 1 saturated heterocycles. The Balaban J connectivity index is 1.89. The number of rotatable bonds is 4. The topological polar surface area (TPSA) is 62.3 Å². The summed E-state index contributed by atoms with van der Waals surface area (Å²) in [7, 11) is -3.17. The van der Waals surface area contributed by atoms with E-state index in [2.05, 4.69) is 30.5 Å². The van der Waals surface area contributed by atoms with Crippen LogP contribution in [0.3, 0.4) is 0 Å². The quantitative estimate of drug-likeness (QED) is 0.844. The molecule has 0 saturated carbocycles. The van der Waals surface area contributed by atoms with Crippen molar-refractivity contribution in [1.29, 1.82) is 0 Å². The summed E-state index contributed by atoms with van der Waals surface area (Å²) in [5.74, 6) is 0.958. The molecule has 0 bridgehead atoms. The minimum atomic E-state index is -3.17. The van der Waals surface area contributed by atoms with Crippen LogP contribution in [0.15, 0.2) is 24.4 Å². The molecule has 100 valence electrons. The molecular formula is C11H16BrN3O2S. The normalized spacial score (nSPS) is 17.9. The van der Waals surface area contributed by atoms with Gasteiger partial charge in [0.1, 0.15) is 10.5 Å². The third-order valence-electron chi connectivity index (χ3n) is 2.96. The second kappa shape index (κ2) is 5.99. The van der Waals surface area contributed by atoms with Crippen LogP contribution in [0.1, 0.15) is 12.8 Å². The highest BCUT2D eigenvalue weighted by Gasteiger charge is 2.23. The van der Waals surface area contributed by atoms with E-state index in [0.717, 1.165) is 31.7 Å². The van der Waals surface area contributed by atoms with Gasteiger partial charge in [-0.2, -0.15) is 0 Å². The van der Waals surface area contributed by atoms with Gasteiger partial charge in [0.2, 0.25) is 10.0 Å². The molecule has 1 aliphatic heterocycles. The molecule has 0 atom stereocenters. The molecular weight excluding hydrogens is 318 g/mol. The molecule has 1 fully saturated rings. The van der Waals surface area contributed by atoms with Crippen molar-refractivity contribution in [1.82, 2.24) is 9.71 Å². The zero-order valence-corrected chi connectivity index (χ0v) is 12.3. The average Bonchev–Trinajstić information content (AvgIpc) is 2.40. The molecule has 18 heavy (non-hydrogen) atoms. The highest BCUT2D eigenvalue weighted by atomic mass is 79.9. The van der Waals surface area contributed by atoms with Crippen molar-refractivity contribution in [2.45, 2.75) is 18.9 Å². The Morgan fingerprint density at radius 2 is 2.11 bits per heavy atom. The molecule has 5 nitrogen and oxygen atoms in total. The van der Waals surface area contributed by atoms with E-state index in [-0.39, 0.29) is 10.7 Å². The lowest BCUT2D eigenvalue weighted by atomic mass is 10.1. The lowest BCUT2D eigenvalue weighted by Gasteiger charge is -2.32. The van der Waals surface area contributed by atoms with Gasteiger partial charge in [-0.1, -0.05) is 22.0 Å². The van der Waals surface area contributed by atoms with Crippen molar-refractivity contribution in [2.75, 3.05) is 22.7 Å². The largest absolute Gasteiger partial charge is 0.357 e. The molecule has 0 radical (unpaired) electrons. The molecule has 1 aromatic heterocycles. The van der Waals surface area contributed by atoms with Crippen molar-refractivity contribution in [3.8, 4) is 0 Å². The number of halogens is 1. The van der Waals surface area contributed by atoms with Gasteiger partial charge >= 0.3 is 0 Å². The van der Waals surface area contributed by atoms with Gasteiger partial charge in [0.05, 0.1) is 0 Å². The Labute approximate surface area is 116 Å². The highest BCUT2D eigenvalue weighted by molar-refractivity contribution is 9.10. The SMILES string of the molecule is O=S(=O)(CBr)NC1CCN(c2ccccn2)CC1. The average molecular weight is 334 g/mol. The molecule has 7 heteroatoms. The summed E-state index contributed by atoms with van der Waals surface area (Å²) in [6.45, 7) is 1.65. The van der Waals surface area contributed by atoms with E-state index >= 15 is 0 Å². The van der Waals surface area contributed by atoms with Gasteiger partial charge in [0.15, 0.2) is 0 Å². The second-order valence-electron chi connectivity index (χ2n) is 4.29. The number of anilines is 1. The maximum atomic E-state index is 11.4. The first kappa shape index (κ1) is 13.8. The van der Waals surface area contributed by atoms with E-state index < -0.39 is 10.0 Å². The summed E-state index contributed by atoms with van der Waals surface area (Å²) >= 11 is 2.98. The maximum absolute atomic E-state index is 11.4. The van der Waals surface area contributed by atoms with Gasteiger partial charge in [-0.3, -0.25) is 0 Å². The summed E-state index contributed by atoms with van der Waals surface area (Å²) in [5, 5.41) is 0. The summed E-state index contributed by atoms with van der Waals surface area (Å²) in [4.78, 5) is 6.48. The van der Waals surface area contributed by atoms with Gasteiger partial charge in [-0.25, -0.2) is 18.1 Å². The fourth-order valence-corrected chi connectivity index (χ4v) is 3.26. The number of hydrogen-bond acceptors (Lipinski definition) is 4. The Hall–Kier alpha value is -0.660. The van der Waals surface area contributed by atoms with Crippen LogP contribution in [0, 0.1) is 0 Å². The molecule has 0 aliphatic carbocycles. The molecule has 1 N–H and O–H groups in total.